The van der Waals surface area contributed by atoms with E-state index in [1.807, 2.05) is 26.8 Å². The third-order valence-electron chi connectivity index (χ3n) is 3.74. The molecule has 1 atom stereocenters. The molecule has 1 aromatic carbocycles. The number of nitrogens with zero attached hydrogens (tertiary/aromatic N) is 1. The van der Waals surface area contributed by atoms with E-state index in [1.165, 1.54) is 4.90 Å². The van der Waals surface area contributed by atoms with Crippen molar-refractivity contribution in [1.82, 2.24) is 4.90 Å². The molecule has 0 bridgehead atoms. The van der Waals surface area contributed by atoms with E-state index < -0.39 is 5.72 Å². The van der Waals surface area contributed by atoms with Gasteiger partial charge in [0.1, 0.15) is 0 Å². The first kappa shape index (κ1) is 11.9. The molecule has 0 fully saturated rings. The Morgan fingerprint density at radius 1 is 1.41 bits per heavy atom. The van der Waals surface area contributed by atoms with Gasteiger partial charge in [-0.25, -0.2) is 0 Å². The molecular weight excluding hydrogens is 216 g/mol. The monoisotopic (exact) mass is 234 g/mol. The maximum absolute atomic E-state index is 12.2. The zero-order valence-corrected chi connectivity index (χ0v) is 10.7. The van der Waals surface area contributed by atoms with Crippen LogP contribution in [0.4, 0.5) is 5.69 Å². The molecule has 92 valence electrons. The van der Waals surface area contributed by atoms with Crippen molar-refractivity contribution in [3.8, 4) is 0 Å². The summed E-state index contributed by atoms with van der Waals surface area (Å²) < 4.78 is 0. The zero-order valence-electron chi connectivity index (χ0n) is 10.7. The molecule has 0 spiro atoms. The Morgan fingerprint density at radius 2 is 2.00 bits per heavy atom. The fourth-order valence-electron chi connectivity index (χ4n) is 2.66. The van der Waals surface area contributed by atoms with Crippen LogP contribution in [-0.4, -0.2) is 23.0 Å². The van der Waals surface area contributed by atoms with E-state index in [4.69, 9.17) is 5.73 Å². The number of rotatable bonds is 1. The third-order valence-corrected chi connectivity index (χ3v) is 3.74. The van der Waals surface area contributed by atoms with Gasteiger partial charge < -0.3 is 15.7 Å². The largest absolute Gasteiger partial charge is 0.398 e. The molecule has 1 unspecified atom stereocenters. The molecule has 3 N–H and O–H groups in total. The minimum Gasteiger partial charge on any atom is -0.398 e. The van der Waals surface area contributed by atoms with Crippen molar-refractivity contribution in [2.75, 3.05) is 12.8 Å². The van der Waals surface area contributed by atoms with E-state index in [0.717, 1.165) is 11.1 Å². The maximum atomic E-state index is 12.2. The molecule has 1 aliphatic rings. The standard InChI is InChI=1S/C13H18N2O2/c1-5-13(17)10-7(2)6-8(3)11(14)9(10)12(16)15(13)4/h6,17H,5,14H2,1-4H3. The van der Waals surface area contributed by atoms with Gasteiger partial charge in [-0.05, 0) is 31.4 Å². The van der Waals surface area contributed by atoms with Crippen molar-refractivity contribution >= 4 is 11.6 Å². The zero-order chi connectivity index (χ0) is 13.0. The summed E-state index contributed by atoms with van der Waals surface area (Å²) in [6, 6.07) is 1.92. The fraction of sp³-hybridized carbons (Fsp3) is 0.462. The molecule has 1 amide bonds. The number of nitrogen functional groups attached to an aromatic ring is 1. The number of benzene rings is 1. The van der Waals surface area contributed by atoms with E-state index in [9.17, 15) is 9.90 Å². The van der Waals surface area contributed by atoms with Gasteiger partial charge in [0.25, 0.3) is 5.91 Å². The molecule has 2 rings (SSSR count). The van der Waals surface area contributed by atoms with Crippen molar-refractivity contribution in [2.45, 2.75) is 32.9 Å². The number of aliphatic hydroxyl groups is 1. The second-order valence-electron chi connectivity index (χ2n) is 4.71. The minimum absolute atomic E-state index is 0.200. The number of nitrogens with two attached hydrogens (primary N) is 1. The Morgan fingerprint density at radius 3 is 2.53 bits per heavy atom. The van der Waals surface area contributed by atoms with Crippen LogP contribution in [0.1, 0.15) is 40.4 Å². The van der Waals surface area contributed by atoms with E-state index in [1.54, 1.807) is 7.05 Å². The predicted molar refractivity (Wildman–Crippen MR) is 66.6 cm³/mol. The highest BCUT2D eigenvalue weighted by Gasteiger charge is 2.47. The molecule has 0 radical (unpaired) electrons. The van der Waals surface area contributed by atoms with Gasteiger partial charge in [0, 0.05) is 18.3 Å². The third kappa shape index (κ3) is 1.30. The second-order valence-corrected chi connectivity index (χ2v) is 4.71. The summed E-state index contributed by atoms with van der Waals surface area (Å²) in [4.78, 5) is 13.6. The van der Waals surface area contributed by atoms with Gasteiger partial charge >= 0.3 is 0 Å². The summed E-state index contributed by atoms with van der Waals surface area (Å²) in [7, 11) is 1.61. The highest BCUT2D eigenvalue weighted by molar-refractivity contribution is 6.05. The number of hydrogen-bond acceptors (Lipinski definition) is 3. The van der Waals surface area contributed by atoms with E-state index >= 15 is 0 Å². The average molecular weight is 234 g/mol. The number of carbonyl (C=O) groups excluding carboxylic acids is 1. The number of anilines is 1. The average Bonchev–Trinajstić information content (AvgIpc) is 2.49. The number of carbonyl (C=O) groups is 1. The predicted octanol–water partition coefficient (Wildman–Crippen LogP) is 1.53. The number of aryl methyl sites for hydroxylation is 2. The summed E-state index contributed by atoms with van der Waals surface area (Å²) in [6.07, 6.45) is 0.450. The quantitative estimate of drug-likeness (QED) is 0.724. The van der Waals surface area contributed by atoms with Gasteiger partial charge in [-0.2, -0.15) is 0 Å². The fourth-order valence-corrected chi connectivity index (χ4v) is 2.66. The highest BCUT2D eigenvalue weighted by Crippen LogP contribution is 2.43. The SMILES string of the molecule is CCC1(O)c2c(C)cc(C)c(N)c2C(=O)N1C. The molecule has 4 nitrogen and oxygen atoms in total. The second kappa shape index (κ2) is 3.47. The maximum Gasteiger partial charge on any atom is 0.258 e. The summed E-state index contributed by atoms with van der Waals surface area (Å²) in [6.45, 7) is 5.63. The van der Waals surface area contributed by atoms with Gasteiger partial charge in [0.2, 0.25) is 0 Å². The van der Waals surface area contributed by atoms with Crippen molar-refractivity contribution < 1.29 is 9.90 Å². The molecule has 17 heavy (non-hydrogen) atoms. The number of hydrogen-bond donors (Lipinski definition) is 2. The van der Waals surface area contributed by atoms with Crippen molar-refractivity contribution in [3.05, 3.63) is 28.3 Å². The van der Waals surface area contributed by atoms with Crippen LogP contribution >= 0.6 is 0 Å². The van der Waals surface area contributed by atoms with Crippen LogP contribution in [0.15, 0.2) is 6.07 Å². The Hall–Kier alpha value is -1.55. The van der Waals surface area contributed by atoms with Crippen molar-refractivity contribution in [3.63, 3.8) is 0 Å². The molecular formula is C13H18N2O2. The van der Waals surface area contributed by atoms with Gasteiger partial charge in [0.05, 0.1) is 5.56 Å². The van der Waals surface area contributed by atoms with Crippen LogP contribution < -0.4 is 5.73 Å². The lowest BCUT2D eigenvalue weighted by Gasteiger charge is -2.31. The summed E-state index contributed by atoms with van der Waals surface area (Å²) >= 11 is 0. The van der Waals surface area contributed by atoms with Crippen molar-refractivity contribution in [1.29, 1.82) is 0 Å². The molecule has 1 aliphatic heterocycles. The first-order valence-corrected chi connectivity index (χ1v) is 5.75. The Kier molecular flexibility index (Phi) is 2.43. The van der Waals surface area contributed by atoms with E-state index in [2.05, 4.69) is 0 Å². The Bertz CT molecular complexity index is 511. The van der Waals surface area contributed by atoms with E-state index in [-0.39, 0.29) is 5.91 Å². The molecule has 1 heterocycles. The van der Waals surface area contributed by atoms with Crippen LogP contribution in [0, 0.1) is 13.8 Å². The Balaban J connectivity index is 2.85. The van der Waals surface area contributed by atoms with Gasteiger partial charge in [0.15, 0.2) is 5.72 Å². The molecule has 1 aromatic rings. The van der Waals surface area contributed by atoms with Gasteiger partial charge in [-0.3, -0.25) is 4.79 Å². The Labute approximate surface area is 101 Å². The number of amides is 1. The summed E-state index contributed by atoms with van der Waals surface area (Å²) in [5.74, 6) is -0.200. The molecule has 0 aliphatic carbocycles. The smallest absolute Gasteiger partial charge is 0.258 e. The molecule has 0 aromatic heterocycles. The number of fused-ring (bicyclic) bond motifs is 1. The highest BCUT2D eigenvalue weighted by atomic mass is 16.3. The van der Waals surface area contributed by atoms with Gasteiger partial charge in [-0.1, -0.05) is 13.0 Å². The van der Waals surface area contributed by atoms with E-state index in [0.29, 0.717) is 23.2 Å². The lowest BCUT2D eigenvalue weighted by molar-refractivity contribution is -0.0752. The van der Waals surface area contributed by atoms with Crippen LogP contribution in [0.5, 0.6) is 0 Å². The van der Waals surface area contributed by atoms with Crippen LogP contribution in [0.3, 0.4) is 0 Å². The normalized spacial score (nSPS) is 23.1. The molecule has 0 saturated heterocycles. The first-order valence-electron chi connectivity index (χ1n) is 5.75. The molecule has 4 heteroatoms. The minimum atomic E-state index is -1.22. The topological polar surface area (TPSA) is 66.6 Å². The van der Waals surface area contributed by atoms with Crippen LogP contribution in [0.25, 0.3) is 0 Å². The van der Waals surface area contributed by atoms with Gasteiger partial charge in [-0.15, -0.1) is 0 Å². The van der Waals surface area contributed by atoms with Crippen molar-refractivity contribution in [2.24, 2.45) is 0 Å². The summed E-state index contributed by atoms with van der Waals surface area (Å²) in [5, 5.41) is 10.6. The summed E-state index contributed by atoms with van der Waals surface area (Å²) in [5.41, 5.74) is 8.15. The van der Waals surface area contributed by atoms with Crippen LogP contribution in [-0.2, 0) is 5.72 Å². The first-order chi connectivity index (χ1) is 7.84. The lowest BCUT2D eigenvalue weighted by atomic mass is 9.91. The van der Waals surface area contributed by atoms with Crippen LogP contribution in [0.2, 0.25) is 0 Å². The lowest BCUT2D eigenvalue weighted by Crippen LogP contribution is -2.40. The molecule has 0 saturated carbocycles.